The van der Waals surface area contributed by atoms with E-state index < -0.39 is 17.7 Å². The monoisotopic (exact) mass is 376 g/mol. The summed E-state index contributed by atoms with van der Waals surface area (Å²) in [7, 11) is 2.65. The standard InChI is InChI=1S/C19H15F3N2O3/c1-10-15(18(25)27-3)17-13(7-8-14(24-17)26-2)23-16(10)11-5-4-6-12(9-11)19(20,21)22/h4-9H,1-3H3. The molecule has 2 heterocycles. The summed E-state index contributed by atoms with van der Waals surface area (Å²) in [4.78, 5) is 21.0. The molecule has 0 radical (unpaired) electrons. The lowest BCUT2D eigenvalue weighted by atomic mass is 9.98. The Morgan fingerprint density at radius 3 is 2.44 bits per heavy atom. The summed E-state index contributed by atoms with van der Waals surface area (Å²) in [5, 5.41) is 0. The van der Waals surface area contributed by atoms with Crippen LogP contribution in [0, 0.1) is 6.92 Å². The molecular weight excluding hydrogens is 361 g/mol. The molecule has 27 heavy (non-hydrogen) atoms. The first-order valence-corrected chi connectivity index (χ1v) is 7.87. The number of pyridine rings is 2. The molecule has 0 spiro atoms. The van der Waals surface area contributed by atoms with Crippen LogP contribution in [0.5, 0.6) is 5.88 Å². The maximum absolute atomic E-state index is 13.1. The molecule has 8 heteroatoms. The van der Waals surface area contributed by atoms with Crippen molar-refractivity contribution in [1.29, 1.82) is 0 Å². The first-order chi connectivity index (χ1) is 12.8. The van der Waals surface area contributed by atoms with Gasteiger partial charge in [-0.05, 0) is 30.7 Å². The molecular formula is C19H15F3N2O3. The number of aromatic nitrogens is 2. The third kappa shape index (κ3) is 3.42. The van der Waals surface area contributed by atoms with Gasteiger partial charge in [0.15, 0.2) is 0 Å². The number of esters is 1. The third-order valence-corrected chi connectivity index (χ3v) is 4.11. The lowest BCUT2D eigenvalue weighted by Crippen LogP contribution is -2.09. The van der Waals surface area contributed by atoms with E-state index in [-0.39, 0.29) is 28.2 Å². The molecule has 0 aliphatic heterocycles. The van der Waals surface area contributed by atoms with Crippen LogP contribution in [0.1, 0.15) is 21.5 Å². The second kappa shape index (κ2) is 6.86. The van der Waals surface area contributed by atoms with E-state index in [0.29, 0.717) is 11.1 Å². The van der Waals surface area contributed by atoms with Crippen LogP contribution < -0.4 is 4.74 Å². The van der Waals surface area contributed by atoms with Crippen molar-refractivity contribution in [3.63, 3.8) is 0 Å². The van der Waals surface area contributed by atoms with Gasteiger partial charge < -0.3 is 9.47 Å². The van der Waals surface area contributed by atoms with Crippen LogP contribution in [0.2, 0.25) is 0 Å². The minimum absolute atomic E-state index is 0.133. The molecule has 3 aromatic rings. The highest BCUT2D eigenvalue weighted by Crippen LogP contribution is 2.34. The molecule has 0 N–H and O–H groups in total. The number of halogens is 3. The lowest BCUT2D eigenvalue weighted by Gasteiger charge is -2.14. The normalized spacial score (nSPS) is 11.5. The van der Waals surface area contributed by atoms with E-state index >= 15 is 0 Å². The van der Waals surface area contributed by atoms with Crippen molar-refractivity contribution in [2.45, 2.75) is 13.1 Å². The van der Waals surface area contributed by atoms with Crippen LogP contribution in [-0.2, 0) is 10.9 Å². The molecule has 3 rings (SSSR count). The smallest absolute Gasteiger partial charge is 0.416 e. The Balaban J connectivity index is 2.32. The molecule has 0 saturated carbocycles. The Labute approximate surface area is 152 Å². The maximum atomic E-state index is 13.1. The third-order valence-electron chi connectivity index (χ3n) is 4.11. The van der Waals surface area contributed by atoms with Gasteiger partial charge in [0.05, 0.1) is 36.6 Å². The number of methoxy groups -OCH3 is 2. The molecule has 0 fully saturated rings. The fraction of sp³-hybridized carbons (Fsp3) is 0.211. The SMILES string of the molecule is COC(=O)c1c(C)c(-c2cccc(C(F)(F)F)c2)nc2ccc(OC)nc12. The van der Waals surface area contributed by atoms with Crippen LogP contribution in [-0.4, -0.2) is 30.2 Å². The molecule has 0 unspecified atom stereocenters. The van der Waals surface area contributed by atoms with Crippen molar-refractivity contribution in [1.82, 2.24) is 9.97 Å². The van der Waals surface area contributed by atoms with E-state index in [1.807, 2.05) is 0 Å². The van der Waals surface area contributed by atoms with E-state index in [1.165, 1.54) is 26.4 Å². The second-order valence-corrected chi connectivity index (χ2v) is 5.75. The number of hydrogen-bond acceptors (Lipinski definition) is 5. The fourth-order valence-electron chi connectivity index (χ4n) is 2.80. The number of hydrogen-bond donors (Lipinski definition) is 0. The average Bonchev–Trinajstić information content (AvgIpc) is 2.66. The van der Waals surface area contributed by atoms with Gasteiger partial charge in [0.1, 0.15) is 5.52 Å². The Hall–Kier alpha value is -3.16. The van der Waals surface area contributed by atoms with Gasteiger partial charge in [0.25, 0.3) is 0 Å². The Morgan fingerprint density at radius 2 is 1.81 bits per heavy atom. The van der Waals surface area contributed by atoms with E-state index in [9.17, 15) is 18.0 Å². The molecule has 5 nitrogen and oxygen atoms in total. The average molecular weight is 376 g/mol. The van der Waals surface area contributed by atoms with E-state index in [2.05, 4.69) is 9.97 Å². The number of ether oxygens (including phenoxy) is 2. The minimum Gasteiger partial charge on any atom is -0.481 e. The molecule has 0 saturated heterocycles. The number of fused-ring (bicyclic) bond motifs is 1. The zero-order valence-corrected chi connectivity index (χ0v) is 14.7. The van der Waals surface area contributed by atoms with Crippen molar-refractivity contribution in [3.8, 4) is 17.1 Å². The van der Waals surface area contributed by atoms with Gasteiger partial charge >= 0.3 is 12.1 Å². The Morgan fingerprint density at radius 1 is 1.07 bits per heavy atom. The van der Waals surface area contributed by atoms with Crippen molar-refractivity contribution in [2.75, 3.05) is 14.2 Å². The first kappa shape index (κ1) is 18.6. The second-order valence-electron chi connectivity index (χ2n) is 5.75. The highest BCUT2D eigenvalue weighted by molar-refractivity contribution is 6.05. The summed E-state index contributed by atoms with van der Waals surface area (Å²) in [6, 6.07) is 7.93. The molecule has 0 atom stereocenters. The summed E-state index contributed by atoms with van der Waals surface area (Å²) in [5.41, 5.74) is 0.798. The summed E-state index contributed by atoms with van der Waals surface area (Å²) in [6.07, 6.45) is -4.49. The number of rotatable bonds is 3. The highest BCUT2D eigenvalue weighted by atomic mass is 19.4. The van der Waals surface area contributed by atoms with Gasteiger partial charge in [-0.2, -0.15) is 13.2 Å². The number of carbonyl (C=O) groups excluding carboxylic acids is 1. The van der Waals surface area contributed by atoms with E-state index in [4.69, 9.17) is 9.47 Å². The zero-order chi connectivity index (χ0) is 19.8. The summed E-state index contributed by atoms with van der Waals surface area (Å²) >= 11 is 0. The van der Waals surface area contributed by atoms with Gasteiger partial charge in [-0.3, -0.25) is 0 Å². The molecule has 0 amide bonds. The van der Waals surface area contributed by atoms with Gasteiger partial charge in [-0.25, -0.2) is 14.8 Å². The van der Waals surface area contributed by atoms with Crippen molar-refractivity contribution < 1.29 is 27.4 Å². The van der Waals surface area contributed by atoms with Crippen LogP contribution in [0.25, 0.3) is 22.3 Å². The minimum atomic E-state index is -4.49. The van der Waals surface area contributed by atoms with E-state index in [0.717, 1.165) is 12.1 Å². The molecule has 0 aliphatic carbocycles. The van der Waals surface area contributed by atoms with Crippen LogP contribution in [0.15, 0.2) is 36.4 Å². The molecule has 140 valence electrons. The molecule has 2 aromatic heterocycles. The molecule has 0 aliphatic rings. The van der Waals surface area contributed by atoms with Gasteiger partial charge in [0, 0.05) is 11.6 Å². The van der Waals surface area contributed by atoms with Crippen LogP contribution in [0.3, 0.4) is 0 Å². The van der Waals surface area contributed by atoms with Gasteiger partial charge in [0.2, 0.25) is 5.88 Å². The van der Waals surface area contributed by atoms with Crippen LogP contribution in [0.4, 0.5) is 13.2 Å². The molecule has 0 bridgehead atoms. The summed E-state index contributed by atoms with van der Waals surface area (Å²) < 4.78 is 49.1. The van der Waals surface area contributed by atoms with Crippen molar-refractivity contribution >= 4 is 17.0 Å². The number of carbonyl (C=O) groups is 1. The largest absolute Gasteiger partial charge is 0.481 e. The van der Waals surface area contributed by atoms with E-state index in [1.54, 1.807) is 19.1 Å². The summed E-state index contributed by atoms with van der Waals surface area (Å²) in [5.74, 6) is -0.380. The molecule has 1 aromatic carbocycles. The van der Waals surface area contributed by atoms with Crippen molar-refractivity contribution in [2.24, 2.45) is 0 Å². The fourth-order valence-corrected chi connectivity index (χ4v) is 2.80. The van der Waals surface area contributed by atoms with Crippen molar-refractivity contribution in [3.05, 3.63) is 53.1 Å². The predicted octanol–water partition coefficient (Wildman–Crippen LogP) is 4.42. The van der Waals surface area contributed by atoms with Gasteiger partial charge in [-0.1, -0.05) is 12.1 Å². The summed E-state index contributed by atoms with van der Waals surface area (Å²) in [6.45, 7) is 1.59. The topological polar surface area (TPSA) is 61.3 Å². The highest BCUT2D eigenvalue weighted by Gasteiger charge is 2.31. The first-order valence-electron chi connectivity index (χ1n) is 7.87. The predicted molar refractivity (Wildman–Crippen MR) is 92.6 cm³/mol. The lowest BCUT2D eigenvalue weighted by molar-refractivity contribution is -0.137. The maximum Gasteiger partial charge on any atom is 0.416 e. The Bertz CT molecular complexity index is 1030. The Kier molecular flexibility index (Phi) is 4.73. The zero-order valence-electron chi connectivity index (χ0n) is 14.7. The number of nitrogens with zero attached hydrogens (tertiary/aromatic N) is 2. The number of alkyl halides is 3. The quantitative estimate of drug-likeness (QED) is 0.634. The number of benzene rings is 1. The van der Waals surface area contributed by atoms with Crippen LogP contribution >= 0.6 is 0 Å². The van der Waals surface area contributed by atoms with Gasteiger partial charge in [-0.15, -0.1) is 0 Å².